The Labute approximate surface area is 138 Å². The van der Waals surface area contributed by atoms with E-state index in [0.717, 1.165) is 11.1 Å². The molecule has 21 heavy (non-hydrogen) atoms. The van der Waals surface area contributed by atoms with Crippen LogP contribution < -0.4 is 0 Å². The first-order valence-corrected chi connectivity index (χ1v) is 7.88. The maximum Gasteiger partial charge on any atom is 0.123 e. The lowest BCUT2D eigenvalue weighted by Gasteiger charge is -1.93. The van der Waals surface area contributed by atoms with E-state index >= 15 is 0 Å². The molecule has 0 nitrogen and oxygen atoms in total. The van der Waals surface area contributed by atoms with Crippen molar-refractivity contribution in [3.63, 3.8) is 0 Å². The number of hydrogen-bond donors (Lipinski definition) is 0. The summed E-state index contributed by atoms with van der Waals surface area (Å²) < 4.78 is 12.1. The van der Waals surface area contributed by atoms with Crippen LogP contribution in [0.25, 0.3) is 0 Å². The topological polar surface area (TPSA) is 0 Å². The Kier molecular flexibility index (Phi) is 14.7. The summed E-state index contributed by atoms with van der Waals surface area (Å²) in [7, 11) is 0. The Bertz CT molecular complexity index is 408. The monoisotopic (exact) mass is 330 g/mol. The van der Waals surface area contributed by atoms with E-state index in [1.807, 2.05) is 53.7 Å². The van der Waals surface area contributed by atoms with Crippen LogP contribution in [-0.2, 0) is 0 Å². The molecule has 0 fully saturated rings. The third-order valence-corrected chi connectivity index (χ3v) is 2.45. The van der Waals surface area contributed by atoms with E-state index < -0.39 is 0 Å². The van der Waals surface area contributed by atoms with Gasteiger partial charge < -0.3 is 0 Å². The predicted molar refractivity (Wildman–Crippen MR) is 95.0 cm³/mol. The first-order chi connectivity index (χ1) is 9.97. The molecule has 0 bridgehead atoms. The highest BCUT2D eigenvalue weighted by Gasteiger charge is 1.91. The van der Waals surface area contributed by atoms with Gasteiger partial charge in [-0.25, -0.2) is 4.39 Å². The molecule has 0 unspecified atom stereocenters. The van der Waals surface area contributed by atoms with E-state index in [2.05, 4.69) is 0 Å². The molecular formula is C18H25Cl2F. The normalized spacial score (nSPS) is 8.24. The maximum absolute atomic E-state index is 12.1. The van der Waals surface area contributed by atoms with Crippen LogP contribution >= 0.6 is 23.2 Å². The van der Waals surface area contributed by atoms with Crippen LogP contribution in [0.15, 0.2) is 42.5 Å². The number of aryl methyl sites for hydroxylation is 2. The van der Waals surface area contributed by atoms with Crippen molar-refractivity contribution in [1.82, 2.24) is 0 Å². The van der Waals surface area contributed by atoms with Gasteiger partial charge in [0, 0.05) is 10.0 Å². The zero-order valence-electron chi connectivity index (χ0n) is 13.7. The van der Waals surface area contributed by atoms with Crippen molar-refractivity contribution in [2.45, 2.75) is 41.5 Å². The van der Waals surface area contributed by atoms with Crippen molar-refractivity contribution in [3.05, 3.63) is 69.5 Å². The lowest BCUT2D eigenvalue weighted by Crippen LogP contribution is -1.71. The second-order valence-electron chi connectivity index (χ2n) is 3.74. The van der Waals surface area contributed by atoms with Crippen molar-refractivity contribution in [2.24, 2.45) is 0 Å². The molecule has 0 amide bonds. The molecule has 118 valence electrons. The molecule has 0 aliphatic heterocycles. The van der Waals surface area contributed by atoms with E-state index in [4.69, 9.17) is 23.2 Å². The van der Waals surface area contributed by atoms with E-state index in [1.165, 1.54) is 12.1 Å². The van der Waals surface area contributed by atoms with Crippen LogP contribution in [0.4, 0.5) is 4.39 Å². The summed E-state index contributed by atoms with van der Waals surface area (Å²) in [6.07, 6.45) is 0. The lowest BCUT2D eigenvalue weighted by atomic mass is 10.2. The van der Waals surface area contributed by atoms with Gasteiger partial charge in [0.15, 0.2) is 0 Å². The van der Waals surface area contributed by atoms with Crippen molar-refractivity contribution in [1.29, 1.82) is 0 Å². The van der Waals surface area contributed by atoms with Crippen molar-refractivity contribution in [3.8, 4) is 0 Å². The molecule has 0 aromatic heterocycles. The molecule has 0 atom stereocenters. The van der Waals surface area contributed by atoms with Gasteiger partial charge in [-0.2, -0.15) is 0 Å². The predicted octanol–water partition coefficient (Wildman–Crippen LogP) is 7.49. The van der Waals surface area contributed by atoms with E-state index in [0.29, 0.717) is 10.0 Å². The number of halogens is 3. The van der Waals surface area contributed by atoms with E-state index in [9.17, 15) is 4.39 Å². The maximum atomic E-state index is 12.1. The largest absolute Gasteiger partial charge is 0.207 e. The molecule has 0 radical (unpaired) electrons. The summed E-state index contributed by atoms with van der Waals surface area (Å²) >= 11 is 11.3. The van der Waals surface area contributed by atoms with Gasteiger partial charge in [0.1, 0.15) is 5.82 Å². The second-order valence-corrected chi connectivity index (χ2v) is 4.62. The minimum atomic E-state index is -0.171. The SMILES string of the molecule is CC.CC.Cc1cc(Cl)cc(Cl)c1.Cc1ccc(F)cc1. The molecule has 0 aliphatic rings. The molecule has 0 aliphatic carbocycles. The zero-order chi connectivity index (χ0) is 16.8. The standard InChI is InChI=1S/C7H6Cl2.C7H7F.2C2H6/c1-5-2-6(8)4-7(9)3-5;1-6-2-4-7(8)5-3-6;2*1-2/h2-4H,1H3;2-5H,1H3;2*1-2H3. The van der Waals surface area contributed by atoms with Crippen molar-refractivity contribution in [2.75, 3.05) is 0 Å². The molecular weight excluding hydrogens is 306 g/mol. The Morgan fingerprint density at radius 2 is 1.05 bits per heavy atom. The van der Waals surface area contributed by atoms with Crippen LogP contribution in [0.5, 0.6) is 0 Å². The van der Waals surface area contributed by atoms with Crippen LogP contribution in [0, 0.1) is 19.7 Å². The average Bonchev–Trinajstić information content (AvgIpc) is 2.46. The van der Waals surface area contributed by atoms with Gasteiger partial charge in [-0.1, -0.05) is 68.6 Å². The summed E-state index contributed by atoms with van der Waals surface area (Å²) in [6, 6.07) is 11.9. The van der Waals surface area contributed by atoms with Gasteiger partial charge in [-0.05, 0) is 49.7 Å². The quantitative estimate of drug-likeness (QED) is 0.469. The molecule has 0 saturated carbocycles. The van der Waals surface area contributed by atoms with Crippen LogP contribution in [0.2, 0.25) is 10.0 Å². The highest BCUT2D eigenvalue weighted by molar-refractivity contribution is 6.34. The molecule has 0 N–H and O–H groups in total. The molecule has 2 aromatic rings. The van der Waals surface area contributed by atoms with Crippen LogP contribution in [0.3, 0.4) is 0 Å². The van der Waals surface area contributed by atoms with Gasteiger partial charge in [0.05, 0.1) is 0 Å². The summed E-state index contributed by atoms with van der Waals surface area (Å²) in [5.41, 5.74) is 2.18. The first-order valence-electron chi connectivity index (χ1n) is 7.12. The highest BCUT2D eigenvalue weighted by Crippen LogP contribution is 2.17. The number of rotatable bonds is 0. The highest BCUT2D eigenvalue weighted by atomic mass is 35.5. The molecule has 0 heterocycles. The zero-order valence-corrected chi connectivity index (χ0v) is 15.2. The fourth-order valence-corrected chi connectivity index (χ4v) is 1.86. The Morgan fingerprint density at radius 1 is 0.667 bits per heavy atom. The third-order valence-electron chi connectivity index (χ3n) is 2.02. The minimum Gasteiger partial charge on any atom is -0.207 e. The Hall–Kier alpha value is -1.05. The number of hydrogen-bond acceptors (Lipinski definition) is 0. The first kappa shape index (κ1) is 22.2. The van der Waals surface area contributed by atoms with Crippen molar-refractivity contribution < 1.29 is 4.39 Å². The van der Waals surface area contributed by atoms with Crippen molar-refractivity contribution >= 4 is 23.2 Å². The smallest absolute Gasteiger partial charge is 0.123 e. The van der Waals surface area contributed by atoms with Gasteiger partial charge in [-0.15, -0.1) is 0 Å². The Balaban J connectivity index is 0. The number of benzene rings is 2. The van der Waals surface area contributed by atoms with Crippen LogP contribution in [-0.4, -0.2) is 0 Å². The van der Waals surface area contributed by atoms with Gasteiger partial charge in [0.2, 0.25) is 0 Å². The molecule has 2 aromatic carbocycles. The molecule has 3 heteroatoms. The van der Waals surface area contributed by atoms with Gasteiger partial charge in [-0.3, -0.25) is 0 Å². The fourth-order valence-electron chi connectivity index (χ4n) is 1.22. The summed E-state index contributed by atoms with van der Waals surface area (Å²) in [5.74, 6) is -0.171. The molecule has 0 saturated heterocycles. The minimum absolute atomic E-state index is 0.171. The summed E-state index contributed by atoms with van der Waals surface area (Å²) in [5, 5.41) is 1.39. The molecule has 2 rings (SSSR count). The average molecular weight is 331 g/mol. The lowest BCUT2D eigenvalue weighted by molar-refractivity contribution is 0.627. The summed E-state index contributed by atoms with van der Waals surface area (Å²) in [6.45, 7) is 11.9. The van der Waals surface area contributed by atoms with E-state index in [-0.39, 0.29) is 5.82 Å². The van der Waals surface area contributed by atoms with Gasteiger partial charge in [0.25, 0.3) is 0 Å². The summed E-state index contributed by atoms with van der Waals surface area (Å²) in [4.78, 5) is 0. The molecule has 0 spiro atoms. The second kappa shape index (κ2) is 13.9. The van der Waals surface area contributed by atoms with Gasteiger partial charge >= 0.3 is 0 Å². The van der Waals surface area contributed by atoms with E-state index in [1.54, 1.807) is 18.2 Å². The fraction of sp³-hybridized carbons (Fsp3) is 0.333. The Morgan fingerprint density at radius 3 is 1.33 bits per heavy atom. The van der Waals surface area contributed by atoms with Crippen LogP contribution in [0.1, 0.15) is 38.8 Å². The third kappa shape index (κ3) is 12.4.